The lowest BCUT2D eigenvalue weighted by molar-refractivity contribution is -0.113. The summed E-state index contributed by atoms with van der Waals surface area (Å²) in [7, 11) is 0. The minimum atomic E-state index is -0.414. The number of nitrogens with two attached hydrogens (primary N) is 1. The van der Waals surface area contributed by atoms with Crippen molar-refractivity contribution in [2.45, 2.75) is 0 Å². The molecule has 9 heavy (non-hydrogen) atoms. The Balaban J connectivity index is 2.95. The van der Waals surface area contributed by atoms with Crippen LogP contribution < -0.4 is 5.73 Å². The van der Waals surface area contributed by atoms with Crippen LogP contribution in [0.25, 0.3) is 0 Å². The van der Waals surface area contributed by atoms with Gasteiger partial charge < -0.3 is 5.73 Å². The number of amides is 1. The predicted molar refractivity (Wildman–Crippen MR) is 34.3 cm³/mol. The lowest BCUT2D eigenvalue weighted by Gasteiger charge is -1.98. The lowest BCUT2D eigenvalue weighted by atomic mass is 10.3. The molecule has 0 atom stereocenters. The zero-order valence-electron chi connectivity index (χ0n) is 4.66. The predicted octanol–water partition coefficient (Wildman–Crippen LogP) is -0.532. The molecule has 1 heterocycles. The van der Waals surface area contributed by atoms with E-state index in [9.17, 15) is 4.79 Å². The smallest absolute Gasteiger partial charge is 0.281 e. The van der Waals surface area contributed by atoms with Gasteiger partial charge in [0.2, 0.25) is 5.96 Å². The maximum Gasteiger partial charge on any atom is 0.281 e. The van der Waals surface area contributed by atoms with E-state index < -0.39 is 5.91 Å². The number of carbonyl (C=O) groups is 1. The van der Waals surface area contributed by atoms with E-state index in [2.05, 4.69) is 16.6 Å². The first-order chi connectivity index (χ1) is 4.20. The third-order valence-electron chi connectivity index (χ3n) is 0.843. The van der Waals surface area contributed by atoms with Crippen LogP contribution in [0, 0.1) is 0 Å². The molecule has 0 saturated heterocycles. The molecule has 0 aromatic heterocycles. The van der Waals surface area contributed by atoms with Gasteiger partial charge >= 0.3 is 0 Å². The van der Waals surface area contributed by atoms with Crippen LogP contribution in [0.4, 0.5) is 0 Å². The first-order valence-corrected chi connectivity index (χ1v) is 2.31. The number of aliphatic imine (C=N–C) groups is 2. The summed E-state index contributed by atoms with van der Waals surface area (Å²) in [5.74, 6) is -0.421. The van der Waals surface area contributed by atoms with Crippen LogP contribution in [0.1, 0.15) is 0 Å². The molecule has 0 radical (unpaired) electrons. The van der Waals surface area contributed by atoms with Crippen molar-refractivity contribution in [2.75, 3.05) is 0 Å². The van der Waals surface area contributed by atoms with Crippen LogP contribution in [0.5, 0.6) is 0 Å². The molecule has 0 aliphatic carbocycles. The maximum atomic E-state index is 10.5. The Labute approximate surface area is 51.8 Å². The van der Waals surface area contributed by atoms with E-state index in [0.29, 0.717) is 0 Å². The third kappa shape index (κ3) is 1.02. The molecule has 4 heteroatoms. The Morgan fingerprint density at radius 2 is 2.33 bits per heavy atom. The summed E-state index contributed by atoms with van der Waals surface area (Å²) >= 11 is 0. The minimum Gasteiger partial charge on any atom is -0.368 e. The van der Waals surface area contributed by atoms with Gasteiger partial charge in [-0.2, -0.15) is 4.99 Å². The van der Waals surface area contributed by atoms with E-state index in [4.69, 9.17) is 5.73 Å². The van der Waals surface area contributed by atoms with Crippen LogP contribution in [-0.2, 0) is 4.79 Å². The molecule has 46 valence electrons. The van der Waals surface area contributed by atoms with Crippen molar-refractivity contribution in [3.8, 4) is 0 Å². The Morgan fingerprint density at radius 3 is 2.78 bits per heavy atom. The Bertz CT molecular complexity index is 226. The molecule has 0 aromatic carbocycles. The number of guanidine groups is 1. The lowest BCUT2D eigenvalue weighted by Crippen LogP contribution is -2.17. The van der Waals surface area contributed by atoms with Gasteiger partial charge in [-0.1, -0.05) is 6.58 Å². The summed E-state index contributed by atoms with van der Waals surface area (Å²) < 4.78 is 0. The summed E-state index contributed by atoms with van der Waals surface area (Å²) in [6, 6.07) is 0. The van der Waals surface area contributed by atoms with Crippen LogP contribution in [0.2, 0.25) is 0 Å². The highest BCUT2D eigenvalue weighted by Gasteiger charge is 2.07. The van der Waals surface area contributed by atoms with Gasteiger partial charge in [0.05, 0.1) is 5.57 Å². The molecule has 4 nitrogen and oxygen atoms in total. The molecule has 2 N–H and O–H groups in total. The SMILES string of the molecule is C=C1C=NC(N)=NC1=O. The van der Waals surface area contributed by atoms with E-state index in [1.54, 1.807) is 0 Å². The first kappa shape index (κ1) is 5.68. The Kier molecular flexibility index (Phi) is 1.14. The largest absolute Gasteiger partial charge is 0.368 e. The van der Waals surface area contributed by atoms with Crippen molar-refractivity contribution in [3.05, 3.63) is 12.2 Å². The van der Waals surface area contributed by atoms with Crippen LogP contribution >= 0.6 is 0 Å². The van der Waals surface area contributed by atoms with Gasteiger partial charge in [-0.3, -0.25) is 4.79 Å². The highest BCUT2D eigenvalue weighted by Crippen LogP contribution is 1.95. The zero-order valence-corrected chi connectivity index (χ0v) is 4.66. The molecule has 1 aliphatic rings. The molecular weight excluding hydrogens is 118 g/mol. The second-order valence-corrected chi connectivity index (χ2v) is 1.56. The standard InChI is InChI=1S/C5H5N3O/c1-3-2-7-5(6)8-4(3)9/h2H,1H2,(H2,6,8,9). The summed E-state index contributed by atoms with van der Waals surface area (Å²) in [6.45, 7) is 3.37. The van der Waals surface area contributed by atoms with Gasteiger partial charge in [-0.05, 0) is 0 Å². The van der Waals surface area contributed by atoms with E-state index >= 15 is 0 Å². The van der Waals surface area contributed by atoms with E-state index in [-0.39, 0.29) is 11.5 Å². The van der Waals surface area contributed by atoms with E-state index in [0.717, 1.165) is 0 Å². The summed E-state index contributed by atoms with van der Waals surface area (Å²) in [5, 5.41) is 0. The van der Waals surface area contributed by atoms with Crippen LogP contribution in [0.15, 0.2) is 22.1 Å². The fourth-order valence-corrected chi connectivity index (χ4v) is 0.404. The first-order valence-electron chi connectivity index (χ1n) is 2.31. The molecule has 0 spiro atoms. The van der Waals surface area contributed by atoms with Gasteiger partial charge in [0.1, 0.15) is 0 Å². The minimum absolute atomic E-state index is 0.00704. The van der Waals surface area contributed by atoms with Gasteiger partial charge in [-0.15, -0.1) is 0 Å². The van der Waals surface area contributed by atoms with E-state index in [1.165, 1.54) is 6.21 Å². The fourth-order valence-electron chi connectivity index (χ4n) is 0.404. The normalized spacial score (nSPS) is 18.0. The van der Waals surface area contributed by atoms with Crippen molar-refractivity contribution in [1.82, 2.24) is 0 Å². The molecule has 0 saturated carbocycles. The zero-order chi connectivity index (χ0) is 6.85. The molecule has 1 amide bonds. The molecule has 0 fully saturated rings. The van der Waals surface area contributed by atoms with E-state index in [1.807, 2.05) is 0 Å². The van der Waals surface area contributed by atoms with Crippen LogP contribution in [0.3, 0.4) is 0 Å². The molecular formula is C5H5N3O. The quantitative estimate of drug-likeness (QED) is 0.440. The number of carbonyl (C=O) groups excluding carboxylic acids is 1. The summed E-state index contributed by atoms with van der Waals surface area (Å²) in [5.41, 5.74) is 5.35. The fraction of sp³-hybridized carbons (Fsp3) is 0. The van der Waals surface area contributed by atoms with Crippen molar-refractivity contribution < 1.29 is 4.79 Å². The number of nitrogens with zero attached hydrogens (tertiary/aromatic N) is 2. The Hall–Kier alpha value is -1.45. The van der Waals surface area contributed by atoms with Crippen molar-refractivity contribution >= 4 is 18.1 Å². The second kappa shape index (κ2) is 1.81. The van der Waals surface area contributed by atoms with Gasteiger partial charge in [0.15, 0.2) is 0 Å². The summed E-state index contributed by atoms with van der Waals surface area (Å²) in [4.78, 5) is 17.4. The topological polar surface area (TPSA) is 67.8 Å². The number of hydrogen-bond donors (Lipinski definition) is 1. The molecule has 1 rings (SSSR count). The highest BCUT2D eigenvalue weighted by atomic mass is 16.1. The van der Waals surface area contributed by atoms with Crippen molar-refractivity contribution in [3.63, 3.8) is 0 Å². The van der Waals surface area contributed by atoms with Gasteiger partial charge in [-0.25, -0.2) is 4.99 Å². The highest BCUT2D eigenvalue weighted by molar-refractivity contribution is 6.20. The molecule has 0 aromatic rings. The van der Waals surface area contributed by atoms with Gasteiger partial charge in [0.25, 0.3) is 5.91 Å². The molecule has 1 aliphatic heterocycles. The Morgan fingerprint density at radius 1 is 1.67 bits per heavy atom. The number of hydrogen-bond acceptors (Lipinski definition) is 3. The number of rotatable bonds is 0. The van der Waals surface area contributed by atoms with Gasteiger partial charge in [0, 0.05) is 6.21 Å². The monoisotopic (exact) mass is 123 g/mol. The molecule has 0 bridgehead atoms. The average molecular weight is 123 g/mol. The molecule has 0 unspecified atom stereocenters. The van der Waals surface area contributed by atoms with Crippen molar-refractivity contribution in [1.29, 1.82) is 0 Å². The van der Waals surface area contributed by atoms with Crippen LogP contribution in [-0.4, -0.2) is 18.1 Å². The second-order valence-electron chi connectivity index (χ2n) is 1.56. The third-order valence-corrected chi connectivity index (χ3v) is 0.843. The maximum absolute atomic E-state index is 10.5. The average Bonchev–Trinajstić information content (AvgIpc) is 1.80. The van der Waals surface area contributed by atoms with Crippen molar-refractivity contribution in [2.24, 2.45) is 15.7 Å². The summed E-state index contributed by atoms with van der Waals surface area (Å²) in [6.07, 6.45) is 1.30.